The summed E-state index contributed by atoms with van der Waals surface area (Å²) in [5, 5.41) is 3.53. The predicted octanol–water partition coefficient (Wildman–Crippen LogP) is 2.48. The van der Waals surface area contributed by atoms with Gasteiger partial charge in [-0.25, -0.2) is 0 Å². The molecule has 1 unspecified atom stereocenters. The third kappa shape index (κ3) is 3.81. The first kappa shape index (κ1) is 17.4. The van der Waals surface area contributed by atoms with E-state index in [1.54, 1.807) is 0 Å². The number of nitrogens with zero attached hydrogens (tertiary/aromatic N) is 4. The van der Waals surface area contributed by atoms with Crippen LogP contribution in [0, 0.1) is 0 Å². The standard InChI is InChI=1S/C20H29N5/c1-16(25-13-11-17-8-5-6-10-19(17)25)14-22-20(21-2)24(4)15-18-9-7-12-23(18)3/h5-10,12,16H,11,13-15H2,1-4H3,(H,21,22). The van der Waals surface area contributed by atoms with Crippen LogP contribution < -0.4 is 10.2 Å². The van der Waals surface area contributed by atoms with E-state index in [4.69, 9.17) is 0 Å². The van der Waals surface area contributed by atoms with E-state index in [-0.39, 0.29) is 0 Å². The molecule has 5 nitrogen and oxygen atoms in total. The van der Waals surface area contributed by atoms with Gasteiger partial charge in [-0.2, -0.15) is 0 Å². The van der Waals surface area contributed by atoms with Gasteiger partial charge in [0.1, 0.15) is 0 Å². The minimum atomic E-state index is 0.420. The average Bonchev–Trinajstić information content (AvgIpc) is 3.22. The fourth-order valence-electron chi connectivity index (χ4n) is 3.53. The van der Waals surface area contributed by atoms with Crippen LogP contribution in [-0.4, -0.2) is 48.7 Å². The SMILES string of the molecule is CN=C(NCC(C)N1CCc2ccccc21)N(C)Cc1cccn1C. The molecule has 0 spiro atoms. The van der Waals surface area contributed by atoms with Crippen molar-refractivity contribution in [2.75, 3.05) is 32.1 Å². The molecule has 0 saturated carbocycles. The second kappa shape index (κ2) is 7.64. The van der Waals surface area contributed by atoms with Gasteiger partial charge in [-0.05, 0) is 37.1 Å². The van der Waals surface area contributed by atoms with Crippen LogP contribution in [0.4, 0.5) is 5.69 Å². The number of para-hydroxylation sites is 1. The summed E-state index contributed by atoms with van der Waals surface area (Å²) < 4.78 is 2.15. The Morgan fingerprint density at radius 1 is 1.28 bits per heavy atom. The van der Waals surface area contributed by atoms with Crippen LogP contribution >= 0.6 is 0 Å². The van der Waals surface area contributed by atoms with Crippen molar-refractivity contribution in [1.82, 2.24) is 14.8 Å². The van der Waals surface area contributed by atoms with Crippen molar-refractivity contribution in [2.24, 2.45) is 12.0 Å². The Bertz CT molecular complexity index is 733. The first-order valence-corrected chi connectivity index (χ1v) is 8.96. The first-order valence-electron chi connectivity index (χ1n) is 8.96. The van der Waals surface area contributed by atoms with Gasteiger partial charge >= 0.3 is 0 Å². The van der Waals surface area contributed by atoms with Gasteiger partial charge in [-0.15, -0.1) is 0 Å². The van der Waals surface area contributed by atoms with Crippen molar-refractivity contribution in [2.45, 2.75) is 25.9 Å². The molecule has 2 heterocycles. The molecule has 0 fully saturated rings. The number of rotatable bonds is 5. The molecule has 1 aromatic heterocycles. The summed E-state index contributed by atoms with van der Waals surface area (Å²) in [6.45, 7) is 5.09. The molecule has 0 saturated heterocycles. The normalized spacial score (nSPS) is 15.2. The number of guanidine groups is 1. The van der Waals surface area contributed by atoms with Crippen molar-refractivity contribution in [3.8, 4) is 0 Å². The quantitative estimate of drug-likeness (QED) is 0.671. The molecular weight excluding hydrogens is 310 g/mol. The lowest BCUT2D eigenvalue weighted by Gasteiger charge is -2.29. The second-order valence-corrected chi connectivity index (χ2v) is 6.82. The van der Waals surface area contributed by atoms with E-state index < -0.39 is 0 Å². The zero-order valence-electron chi connectivity index (χ0n) is 15.7. The molecular formula is C20H29N5. The highest BCUT2D eigenvalue weighted by Crippen LogP contribution is 2.28. The Labute approximate surface area is 151 Å². The molecule has 1 aliphatic heterocycles. The van der Waals surface area contributed by atoms with Gasteiger partial charge in [0.25, 0.3) is 0 Å². The van der Waals surface area contributed by atoms with E-state index in [1.165, 1.54) is 16.9 Å². The first-order chi connectivity index (χ1) is 12.1. The third-order valence-electron chi connectivity index (χ3n) is 5.03. The summed E-state index contributed by atoms with van der Waals surface area (Å²) in [6.07, 6.45) is 3.22. The van der Waals surface area contributed by atoms with Crippen LogP contribution in [-0.2, 0) is 20.0 Å². The van der Waals surface area contributed by atoms with Gasteiger partial charge in [0.2, 0.25) is 0 Å². The molecule has 1 atom stereocenters. The minimum absolute atomic E-state index is 0.420. The van der Waals surface area contributed by atoms with Crippen molar-refractivity contribution in [3.05, 3.63) is 53.9 Å². The summed E-state index contributed by atoms with van der Waals surface area (Å²) in [5.74, 6) is 0.931. The van der Waals surface area contributed by atoms with Crippen molar-refractivity contribution < 1.29 is 0 Å². The monoisotopic (exact) mass is 339 g/mol. The number of hydrogen-bond donors (Lipinski definition) is 1. The molecule has 1 aliphatic rings. The van der Waals surface area contributed by atoms with Gasteiger partial charge in [0.15, 0.2) is 5.96 Å². The average molecular weight is 339 g/mol. The summed E-state index contributed by atoms with van der Waals surface area (Å²) in [5.41, 5.74) is 4.11. The van der Waals surface area contributed by atoms with Crippen molar-refractivity contribution in [1.29, 1.82) is 0 Å². The van der Waals surface area contributed by atoms with Crippen LogP contribution in [0.5, 0.6) is 0 Å². The largest absolute Gasteiger partial charge is 0.366 e. The number of fused-ring (bicyclic) bond motifs is 1. The maximum absolute atomic E-state index is 4.44. The molecule has 134 valence electrons. The van der Waals surface area contributed by atoms with Gasteiger partial charge in [-0.1, -0.05) is 18.2 Å². The van der Waals surface area contributed by atoms with Gasteiger partial charge < -0.3 is 19.7 Å². The molecule has 3 rings (SSSR count). The highest BCUT2D eigenvalue weighted by Gasteiger charge is 2.23. The van der Waals surface area contributed by atoms with Crippen LogP contribution in [0.15, 0.2) is 47.6 Å². The zero-order valence-corrected chi connectivity index (χ0v) is 15.7. The van der Waals surface area contributed by atoms with Crippen molar-refractivity contribution >= 4 is 11.6 Å². The highest BCUT2D eigenvalue weighted by molar-refractivity contribution is 5.79. The molecule has 25 heavy (non-hydrogen) atoms. The molecule has 1 N–H and O–H groups in total. The van der Waals surface area contributed by atoms with Crippen LogP contribution in [0.25, 0.3) is 0 Å². The topological polar surface area (TPSA) is 35.8 Å². The molecule has 1 aromatic carbocycles. The molecule has 5 heteroatoms. The van der Waals surface area contributed by atoms with E-state index in [0.29, 0.717) is 6.04 Å². The van der Waals surface area contributed by atoms with Gasteiger partial charge in [0, 0.05) is 57.9 Å². The zero-order chi connectivity index (χ0) is 17.8. The Morgan fingerprint density at radius 3 is 2.80 bits per heavy atom. The molecule has 2 aromatic rings. The minimum Gasteiger partial charge on any atom is -0.366 e. The summed E-state index contributed by atoms with van der Waals surface area (Å²) in [7, 11) is 6.00. The Balaban J connectivity index is 1.57. The second-order valence-electron chi connectivity index (χ2n) is 6.82. The Hall–Kier alpha value is -2.43. The van der Waals surface area contributed by atoms with E-state index in [9.17, 15) is 0 Å². The van der Waals surface area contributed by atoms with Crippen LogP contribution in [0.2, 0.25) is 0 Å². The molecule has 0 bridgehead atoms. The van der Waals surface area contributed by atoms with Gasteiger partial charge in [0.05, 0.1) is 6.54 Å². The number of hydrogen-bond acceptors (Lipinski definition) is 2. The summed E-state index contributed by atoms with van der Waals surface area (Å²) in [6, 6.07) is 13.4. The summed E-state index contributed by atoms with van der Waals surface area (Å²) in [4.78, 5) is 9.10. The number of aliphatic imine (C=N–C) groups is 1. The number of aromatic nitrogens is 1. The Morgan fingerprint density at radius 2 is 2.08 bits per heavy atom. The molecule has 0 radical (unpaired) electrons. The maximum atomic E-state index is 4.44. The molecule has 0 aliphatic carbocycles. The van der Waals surface area contributed by atoms with E-state index in [0.717, 1.165) is 32.0 Å². The smallest absolute Gasteiger partial charge is 0.193 e. The fraction of sp³-hybridized carbons (Fsp3) is 0.450. The number of nitrogens with one attached hydrogen (secondary N) is 1. The lowest BCUT2D eigenvalue weighted by atomic mass is 10.2. The van der Waals surface area contributed by atoms with E-state index in [2.05, 4.69) is 88.3 Å². The van der Waals surface area contributed by atoms with E-state index >= 15 is 0 Å². The predicted molar refractivity (Wildman–Crippen MR) is 105 cm³/mol. The van der Waals surface area contributed by atoms with Crippen molar-refractivity contribution in [3.63, 3.8) is 0 Å². The number of anilines is 1. The maximum Gasteiger partial charge on any atom is 0.193 e. The van der Waals surface area contributed by atoms with E-state index in [1.807, 2.05) is 7.05 Å². The molecule has 0 amide bonds. The van der Waals surface area contributed by atoms with Crippen LogP contribution in [0.3, 0.4) is 0 Å². The summed E-state index contributed by atoms with van der Waals surface area (Å²) >= 11 is 0. The Kier molecular flexibility index (Phi) is 5.31. The highest BCUT2D eigenvalue weighted by atomic mass is 15.3. The number of benzene rings is 1. The van der Waals surface area contributed by atoms with Crippen LogP contribution in [0.1, 0.15) is 18.2 Å². The third-order valence-corrected chi connectivity index (χ3v) is 5.03. The van der Waals surface area contributed by atoms with Gasteiger partial charge in [-0.3, -0.25) is 4.99 Å². The lowest BCUT2D eigenvalue weighted by molar-refractivity contribution is 0.457. The fourth-order valence-corrected chi connectivity index (χ4v) is 3.53. The number of aryl methyl sites for hydroxylation is 1. The lowest BCUT2D eigenvalue weighted by Crippen LogP contribution is -2.46.